The second kappa shape index (κ2) is 7.94. The lowest BCUT2D eigenvalue weighted by atomic mass is 9.93. The van der Waals surface area contributed by atoms with Gasteiger partial charge in [0.25, 0.3) is 0 Å². The molecule has 8 heteroatoms. The second-order valence-corrected chi connectivity index (χ2v) is 6.21. The molecule has 2 heterocycles. The second-order valence-electron chi connectivity index (χ2n) is 6.21. The van der Waals surface area contributed by atoms with Crippen molar-refractivity contribution in [2.75, 3.05) is 17.2 Å². The molecule has 0 unspecified atom stereocenters. The Morgan fingerprint density at radius 3 is 2.92 bits per heavy atom. The standard InChI is InChI=1S/C17H22N6O2/c1-11-15(16(23-25-11)19-9-2-8-18)14-7-10-20-17(22-14)21-12-3-5-13(24)6-4-12/h7,10,12-13,24H,2-6,9H2,1H3,(H,19,23)(H,20,21,22). The molecule has 1 aliphatic carbocycles. The number of hydrogen-bond donors (Lipinski definition) is 3. The number of aliphatic hydroxyl groups excluding tert-OH is 1. The van der Waals surface area contributed by atoms with E-state index in [1.165, 1.54) is 0 Å². The van der Waals surface area contributed by atoms with Gasteiger partial charge < -0.3 is 20.3 Å². The molecule has 132 valence electrons. The van der Waals surface area contributed by atoms with Crippen LogP contribution in [0.4, 0.5) is 11.8 Å². The molecule has 8 nitrogen and oxygen atoms in total. The Hall–Kier alpha value is -2.66. The Bertz CT molecular complexity index is 746. The molecule has 2 aromatic rings. The van der Waals surface area contributed by atoms with Crippen LogP contribution in [0.2, 0.25) is 0 Å². The number of hydrogen-bond acceptors (Lipinski definition) is 8. The zero-order valence-electron chi connectivity index (χ0n) is 14.2. The minimum atomic E-state index is -0.188. The average Bonchev–Trinajstić information content (AvgIpc) is 2.98. The summed E-state index contributed by atoms with van der Waals surface area (Å²) in [5.74, 6) is 1.80. The van der Waals surface area contributed by atoms with E-state index >= 15 is 0 Å². The first-order valence-corrected chi connectivity index (χ1v) is 8.52. The SMILES string of the molecule is Cc1onc(NCCC#N)c1-c1ccnc(NC2CCC(O)CC2)n1. The molecule has 0 bridgehead atoms. The lowest BCUT2D eigenvalue weighted by Gasteiger charge is -2.26. The molecule has 1 fully saturated rings. The van der Waals surface area contributed by atoms with Gasteiger partial charge in [0, 0.05) is 18.8 Å². The van der Waals surface area contributed by atoms with Crippen molar-refractivity contribution in [3.63, 3.8) is 0 Å². The third kappa shape index (κ3) is 4.25. The van der Waals surface area contributed by atoms with Gasteiger partial charge in [-0.3, -0.25) is 0 Å². The van der Waals surface area contributed by atoms with Crippen molar-refractivity contribution < 1.29 is 9.63 Å². The van der Waals surface area contributed by atoms with E-state index in [1.54, 1.807) is 6.20 Å². The number of nitrogens with zero attached hydrogens (tertiary/aromatic N) is 4. The van der Waals surface area contributed by atoms with Crippen LogP contribution >= 0.6 is 0 Å². The van der Waals surface area contributed by atoms with Crippen molar-refractivity contribution in [1.82, 2.24) is 15.1 Å². The van der Waals surface area contributed by atoms with Crippen molar-refractivity contribution in [2.45, 2.75) is 51.2 Å². The molecule has 0 atom stereocenters. The Morgan fingerprint density at radius 1 is 1.36 bits per heavy atom. The number of nitrogens with one attached hydrogen (secondary N) is 2. The van der Waals surface area contributed by atoms with Crippen molar-refractivity contribution in [3.8, 4) is 17.3 Å². The van der Waals surface area contributed by atoms with Gasteiger partial charge in [-0.15, -0.1) is 0 Å². The van der Waals surface area contributed by atoms with Crippen LogP contribution in [0.15, 0.2) is 16.8 Å². The Morgan fingerprint density at radius 2 is 2.16 bits per heavy atom. The number of rotatable bonds is 6. The summed E-state index contributed by atoms with van der Waals surface area (Å²) in [4.78, 5) is 8.89. The maximum Gasteiger partial charge on any atom is 0.223 e. The van der Waals surface area contributed by atoms with Crippen LogP contribution in [0.1, 0.15) is 37.9 Å². The highest BCUT2D eigenvalue weighted by atomic mass is 16.5. The van der Waals surface area contributed by atoms with Gasteiger partial charge >= 0.3 is 0 Å². The van der Waals surface area contributed by atoms with Gasteiger partial charge in [0.15, 0.2) is 5.82 Å². The normalized spacial score (nSPS) is 20.0. The van der Waals surface area contributed by atoms with Crippen LogP contribution in [0.5, 0.6) is 0 Å². The molecule has 1 saturated carbocycles. The number of aryl methyl sites for hydroxylation is 1. The van der Waals surface area contributed by atoms with Crippen molar-refractivity contribution in [2.24, 2.45) is 0 Å². The minimum Gasteiger partial charge on any atom is -0.393 e. The fraction of sp³-hybridized carbons (Fsp3) is 0.529. The minimum absolute atomic E-state index is 0.188. The summed E-state index contributed by atoms with van der Waals surface area (Å²) in [5, 5.41) is 28.7. The topological polar surface area (TPSA) is 120 Å². The van der Waals surface area contributed by atoms with Crippen LogP contribution < -0.4 is 10.6 Å². The van der Waals surface area contributed by atoms with E-state index in [0.29, 0.717) is 36.2 Å². The van der Waals surface area contributed by atoms with E-state index < -0.39 is 0 Å². The first-order chi connectivity index (χ1) is 12.2. The summed E-state index contributed by atoms with van der Waals surface area (Å²) in [6.07, 6.45) is 5.31. The van der Waals surface area contributed by atoms with Crippen molar-refractivity contribution in [3.05, 3.63) is 18.0 Å². The maximum absolute atomic E-state index is 9.61. The summed E-state index contributed by atoms with van der Waals surface area (Å²) < 4.78 is 5.28. The molecular weight excluding hydrogens is 320 g/mol. The van der Waals surface area contributed by atoms with E-state index in [4.69, 9.17) is 9.78 Å². The number of aromatic nitrogens is 3. The number of aliphatic hydroxyl groups is 1. The zero-order valence-corrected chi connectivity index (χ0v) is 14.2. The highest BCUT2D eigenvalue weighted by molar-refractivity contribution is 5.74. The highest BCUT2D eigenvalue weighted by Gasteiger charge is 2.21. The van der Waals surface area contributed by atoms with Crippen molar-refractivity contribution >= 4 is 11.8 Å². The summed E-state index contributed by atoms with van der Waals surface area (Å²) >= 11 is 0. The van der Waals surface area contributed by atoms with E-state index in [-0.39, 0.29) is 12.1 Å². The Labute approximate surface area is 146 Å². The van der Waals surface area contributed by atoms with Gasteiger partial charge in [0.2, 0.25) is 5.95 Å². The average molecular weight is 342 g/mol. The highest BCUT2D eigenvalue weighted by Crippen LogP contribution is 2.30. The summed E-state index contributed by atoms with van der Waals surface area (Å²) in [6, 6.07) is 4.17. The monoisotopic (exact) mass is 342 g/mol. The van der Waals surface area contributed by atoms with E-state index in [9.17, 15) is 5.11 Å². The lowest BCUT2D eigenvalue weighted by Crippen LogP contribution is -2.28. The molecular formula is C17H22N6O2. The number of nitriles is 1. The molecule has 2 aromatic heterocycles. The molecule has 0 aliphatic heterocycles. The van der Waals surface area contributed by atoms with Gasteiger partial charge in [-0.1, -0.05) is 5.16 Å². The molecule has 0 spiro atoms. The van der Waals surface area contributed by atoms with Crippen LogP contribution in [-0.4, -0.2) is 38.9 Å². The molecule has 3 rings (SSSR count). The van der Waals surface area contributed by atoms with Gasteiger partial charge in [-0.2, -0.15) is 5.26 Å². The maximum atomic E-state index is 9.61. The quantitative estimate of drug-likeness (QED) is 0.685. The number of anilines is 2. The Balaban J connectivity index is 1.75. The third-order valence-corrected chi connectivity index (χ3v) is 4.33. The predicted molar refractivity (Wildman–Crippen MR) is 92.9 cm³/mol. The molecule has 0 radical (unpaired) electrons. The van der Waals surface area contributed by atoms with Gasteiger partial charge in [-0.05, 0) is 38.7 Å². The van der Waals surface area contributed by atoms with E-state index in [0.717, 1.165) is 31.2 Å². The third-order valence-electron chi connectivity index (χ3n) is 4.33. The van der Waals surface area contributed by atoms with Crippen molar-refractivity contribution in [1.29, 1.82) is 5.26 Å². The molecule has 0 saturated heterocycles. The van der Waals surface area contributed by atoms with Crippen LogP contribution in [-0.2, 0) is 0 Å². The van der Waals surface area contributed by atoms with Gasteiger partial charge in [0.05, 0.1) is 29.9 Å². The molecule has 0 amide bonds. The Kier molecular flexibility index (Phi) is 5.46. The van der Waals surface area contributed by atoms with Gasteiger partial charge in [0.1, 0.15) is 5.76 Å². The summed E-state index contributed by atoms with van der Waals surface area (Å²) in [7, 11) is 0. The summed E-state index contributed by atoms with van der Waals surface area (Å²) in [5.41, 5.74) is 1.49. The van der Waals surface area contributed by atoms with Gasteiger partial charge in [-0.25, -0.2) is 9.97 Å². The zero-order chi connectivity index (χ0) is 17.6. The summed E-state index contributed by atoms with van der Waals surface area (Å²) in [6.45, 7) is 2.33. The predicted octanol–water partition coefficient (Wildman–Crippen LogP) is 2.48. The van der Waals surface area contributed by atoms with E-state index in [2.05, 4.69) is 31.8 Å². The largest absolute Gasteiger partial charge is 0.393 e. The van der Waals surface area contributed by atoms with E-state index in [1.807, 2.05) is 13.0 Å². The lowest BCUT2D eigenvalue weighted by molar-refractivity contribution is 0.126. The fourth-order valence-corrected chi connectivity index (χ4v) is 3.00. The fourth-order valence-electron chi connectivity index (χ4n) is 3.00. The van der Waals surface area contributed by atoms with Crippen LogP contribution in [0.25, 0.3) is 11.3 Å². The molecule has 25 heavy (non-hydrogen) atoms. The first-order valence-electron chi connectivity index (χ1n) is 8.52. The van der Waals surface area contributed by atoms with Crippen LogP contribution in [0, 0.1) is 18.3 Å². The molecule has 0 aromatic carbocycles. The van der Waals surface area contributed by atoms with Crippen LogP contribution in [0.3, 0.4) is 0 Å². The molecule has 1 aliphatic rings. The first kappa shape index (κ1) is 17.2. The smallest absolute Gasteiger partial charge is 0.223 e. The molecule has 3 N–H and O–H groups in total.